The normalized spacial score (nSPS) is 12.6. The number of hydroxylamine groups is 1. The SMILES string of the molecule is CON(Cc1ccc(-c2noc(C(F)(F)F)n2)cc1)S(=O)(=O)c1ccn(C)n1. The Kier molecular flexibility index (Phi) is 5.23. The zero-order chi connectivity index (χ0) is 20.5. The van der Waals surface area contributed by atoms with Gasteiger partial charge in [-0.1, -0.05) is 33.9 Å². The van der Waals surface area contributed by atoms with Gasteiger partial charge in [-0.2, -0.15) is 23.3 Å². The molecule has 150 valence electrons. The van der Waals surface area contributed by atoms with Crippen molar-refractivity contribution < 1.29 is 30.9 Å². The molecule has 3 rings (SSSR count). The molecule has 0 bridgehead atoms. The first-order chi connectivity index (χ1) is 13.1. The van der Waals surface area contributed by atoms with E-state index >= 15 is 0 Å². The minimum Gasteiger partial charge on any atom is -0.329 e. The monoisotopic (exact) mass is 417 g/mol. The van der Waals surface area contributed by atoms with Gasteiger partial charge in [-0.3, -0.25) is 9.52 Å². The fourth-order valence-electron chi connectivity index (χ4n) is 2.25. The lowest BCUT2D eigenvalue weighted by atomic mass is 10.1. The van der Waals surface area contributed by atoms with Gasteiger partial charge in [-0.15, -0.1) is 0 Å². The van der Waals surface area contributed by atoms with Crippen molar-refractivity contribution in [3.8, 4) is 11.4 Å². The number of halogens is 3. The van der Waals surface area contributed by atoms with Crippen molar-refractivity contribution in [1.29, 1.82) is 0 Å². The van der Waals surface area contributed by atoms with Crippen LogP contribution >= 0.6 is 0 Å². The van der Waals surface area contributed by atoms with E-state index in [1.54, 1.807) is 7.05 Å². The number of aromatic nitrogens is 4. The van der Waals surface area contributed by atoms with E-state index in [1.165, 1.54) is 48.3 Å². The van der Waals surface area contributed by atoms with Crippen LogP contribution in [0.25, 0.3) is 11.4 Å². The van der Waals surface area contributed by atoms with Crippen LogP contribution in [-0.2, 0) is 34.6 Å². The smallest absolute Gasteiger partial charge is 0.329 e. The van der Waals surface area contributed by atoms with Gasteiger partial charge >= 0.3 is 12.1 Å². The van der Waals surface area contributed by atoms with Crippen molar-refractivity contribution in [2.45, 2.75) is 17.7 Å². The van der Waals surface area contributed by atoms with Crippen LogP contribution in [0.15, 0.2) is 46.1 Å². The van der Waals surface area contributed by atoms with Crippen LogP contribution in [0.4, 0.5) is 13.2 Å². The van der Waals surface area contributed by atoms with E-state index in [-0.39, 0.29) is 23.0 Å². The number of rotatable bonds is 6. The molecule has 3 aromatic rings. The molecule has 0 radical (unpaired) electrons. The van der Waals surface area contributed by atoms with Crippen molar-refractivity contribution in [2.24, 2.45) is 7.05 Å². The molecular weight excluding hydrogens is 403 g/mol. The Bertz CT molecular complexity index is 1060. The summed E-state index contributed by atoms with van der Waals surface area (Å²) >= 11 is 0. The van der Waals surface area contributed by atoms with Crippen LogP contribution in [0.1, 0.15) is 11.5 Å². The molecule has 0 aliphatic carbocycles. The van der Waals surface area contributed by atoms with Gasteiger partial charge in [0.2, 0.25) is 5.82 Å². The summed E-state index contributed by atoms with van der Waals surface area (Å²) in [7, 11) is -1.21. The average Bonchev–Trinajstić information content (AvgIpc) is 3.29. The van der Waals surface area contributed by atoms with E-state index in [0.29, 0.717) is 5.56 Å². The average molecular weight is 417 g/mol. The molecule has 9 nitrogen and oxygen atoms in total. The Balaban J connectivity index is 1.78. The topological polar surface area (TPSA) is 103 Å². The minimum atomic E-state index is -4.73. The Labute approximate surface area is 157 Å². The lowest BCUT2D eigenvalue weighted by Crippen LogP contribution is -2.30. The lowest BCUT2D eigenvalue weighted by Gasteiger charge is -2.18. The van der Waals surface area contributed by atoms with Crippen LogP contribution in [0, 0.1) is 0 Å². The Morgan fingerprint density at radius 3 is 2.39 bits per heavy atom. The predicted octanol–water partition coefficient (Wildman–Crippen LogP) is 2.24. The molecule has 1 aromatic carbocycles. The van der Waals surface area contributed by atoms with Crippen molar-refractivity contribution in [3.63, 3.8) is 0 Å². The first kappa shape index (κ1) is 20.0. The van der Waals surface area contributed by atoms with Crippen LogP contribution in [0.2, 0.25) is 0 Å². The second kappa shape index (κ2) is 7.33. The lowest BCUT2D eigenvalue weighted by molar-refractivity contribution is -0.159. The summed E-state index contributed by atoms with van der Waals surface area (Å²) in [5.74, 6) is -1.68. The summed E-state index contributed by atoms with van der Waals surface area (Å²) in [5.41, 5.74) is 0.796. The number of nitrogens with zero attached hydrogens (tertiary/aromatic N) is 5. The van der Waals surface area contributed by atoms with Gasteiger partial charge in [0, 0.05) is 18.8 Å². The van der Waals surface area contributed by atoms with Gasteiger partial charge in [0.05, 0.1) is 13.7 Å². The highest BCUT2D eigenvalue weighted by atomic mass is 32.2. The molecule has 0 unspecified atom stereocenters. The second-order valence-corrected chi connectivity index (χ2v) is 7.37. The first-order valence-electron chi connectivity index (χ1n) is 7.68. The predicted molar refractivity (Wildman–Crippen MR) is 87.7 cm³/mol. The third kappa shape index (κ3) is 4.05. The highest BCUT2D eigenvalue weighted by Crippen LogP contribution is 2.29. The van der Waals surface area contributed by atoms with Gasteiger partial charge < -0.3 is 4.52 Å². The highest BCUT2D eigenvalue weighted by Gasteiger charge is 2.38. The second-order valence-electron chi connectivity index (χ2n) is 5.59. The number of hydrogen-bond acceptors (Lipinski definition) is 7. The molecule has 0 fully saturated rings. The molecule has 13 heteroatoms. The fraction of sp³-hybridized carbons (Fsp3) is 0.267. The molecule has 0 aliphatic rings. The summed E-state index contributed by atoms with van der Waals surface area (Å²) in [6.07, 6.45) is -3.25. The summed E-state index contributed by atoms with van der Waals surface area (Å²) in [6.45, 7) is -0.143. The molecular formula is C15H14F3N5O4S. The van der Waals surface area contributed by atoms with Gasteiger partial charge in [0.25, 0.3) is 10.0 Å². The van der Waals surface area contributed by atoms with E-state index in [9.17, 15) is 21.6 Å². The van der Waals surface area contributed by atoms with Gasteiger partial charge in [-0.05, 0) is 11.6 Å². The molecule has 0 atom stereocenters. The van der Waals surface area contributed by atoms with Crippen LogP contribution in [0.5, 0.6) is 0 Å². The van der Waals surface area contributed by atoms with Crippen molar-refractivity contribution in [1.82, 2.24) is 24.4 Å². The van der Waals surface area contributed by atoms with Gasteiger partial charge in [-0.25, -0.2) is 8.42 Å². The Hall–Kier alpha value is -2.77. The zero-order valence-electron chi connectivity index (χ0n) is 14.6. The van der Waals surface area contributed by atoms with Gasteiger partial charge in [0.1, 0.15) is 0 Å². The van der Waals surface area contributed by atoms with Crippen molar-refractivity contribution in [3.05, 3.63) is 48.0 Å². The Morgan fingerprint density at radius 1 is 1.21 bits per heavy atom. The molecule has 0 saturated heterocycles. The highest BCUT2D eigenvalue weighted by molar-refractivity contribution is 7.88. The van der Waals surface area contributed by atoms with E-state index in [2.05, 4.69) is 19.8 Å². The first-order valence-corrected chi connectivity index (χ1v) is 9.12. The molecule has 0 saturated carbocycles. The maximum absolute atomic E-state index is 12.6. The molecule has 0 aliphatic heterocycles. The van der Waals surface area contributed by atoms with Crippen molar-refractivity contribution in [2.75, 3.05) is 7.11 Å². The Morgan fingerprint density at radius 2 is 1.89 bits per heavy atom. The van der Waals surface area contributed by atoms with E-state index in [4.69, 9.17) is 4.84 Å². The van der Waals surface area contributed by atoms with Crippen LogP contribution in [0.3, 0.4) is 0 Å². The summed E-state index contributed by atoms with van der Waals surface area (Å²) in [4.78, 5) is 8.27. The molecule has 0 amide bonds. The number of benzene rings is 1. The van der Waals surface area contributed by atoms with E-state index < -0.39 is 22.1 Å². The third-order valence-corrected chi connectivity index (χ3v) is 5.18. The van der Waals surface area contributed by atoms with Crippen LogP contribution in [-0.4, -0.2) is 39.9 Å². The number of alkyl halides is 3. The molecule has 0 N–H and O–H groups in total. The standard InChI is InChI=1S/C15H14F3N5O4S/c1-22-8-7-12(20-22)28(24,25)23(26-2)9-10-3-5-11(6-4-10)13-19-14(27-21-13)15(16,17)18/h3-8H,9H2,1-2H3. The number of hydrogen-bond donors (Lipinski definition) is 0. The molecule has 28 heavy (non-hydrogen) atoms. The molecule has 0 spiro atoms. The summed E-state index contributed by atoms with van der Waals surface area (Å²) in [5, 5.41) is 6.97. The maximum atomic E-state index is 12.6. The molecule has 2 aromatic heterocycles. The zero-order valence-corrected chi connectivity index (χ0v) is 15.4. The fourth-order valence-corrected chi connectivity index (χ4v) is 3.44. The van der Waals surface area contributed by atoms with Gasteiger partial charge in [0.15, 0.2) is 5.03 Å². The minimum absolute atomic E-state index is 0.143. The van der Waals surface area contributed by atoms with E-state index in [1.807, 2.05) is 0 Å². The number of sulfonamides is 1. The maximum Gasteiger partial charge on any atom is 0.471 e. The molecule has 2 heterocycles. The number of aryl methyl sites for hydroxylation is 1. The quantitative estimate of drug-likeness (QED) is 0.567. The third-order valence-electron chi connectivity index (χ3n) is 3.62. The largest absolute Gasteiger partial charge is 0.471 e. The van der Waals surface area contributed by atoms with Crippen LogP contribution < -0.4 is 0 Å². The summed E-state index contributed by atoms with van der Waals surface area (Å²) < 4.78 is 69.0. The summed E-state index contributed by atoms with van der Waals surface area (Å²) in [6, 6.07) is 7.25. The van der Waals surface area contributed by atoms with E-state index in [0.717, 1.165) is 4.47 Å². The van der Waals surface area contributed by atoms with Crippen molar-refractivity contribution >= 4 is 10.0 Å².